The van der Waals surface area contributed by atoms with Crippen LogP contribution in [0.1, 0.15) is 12.5 Å². The lowest BCUT2D eigenvalue weighted by Gasteiger charge is -2.07. The molecule has 0 saturated heterocycles. The van der Waals surface area contributed by atoms with Crippen LogP contribution in [-0.2, 0) is 19.1 Å². The predicted octanol–water partition coefficient (Wildman–Crippen LogP) is 1.53. The molecule has 8 heteroatoms. The Bertz CT molecular complexity index is 625. The number of ether oxygens (including phenoxy) is 4. The lowest BCUT2D eigenvalue weighted by atomic mass is 10.2. The number of amides is 2. The highest BCUT2D eigenvalue weighted by atomic mass is 16.6. The molecule has 2 amide bonds. The first-order chi connectivity index (χ1) is 11.5. The third-order valence-electron chi connectivity index (χ3n) is 2.70. The van der Waals surface area contributed by atoms with E-state index in [4.69, 9.17) is 14.2 Å². The molecule has 130 valence electrons. The lowest BCUT2D eigenvalue weighted by Crippen LogP contribution is -2.34. The number of rotatable bonds is 7. The predicted molar refractivity (Wildman–Crippen MR) is 84.7 cm³/mol. The molecule has 0 heterocycles. The van der Waals surface area contributed by atoms with E-state index in [0.29, 0.717) is 17.1 Å². The quantitative estimate of drug-likeness (QED) is 0.595. The van der Waals surface area contributed by atoms with Gasteiger partial charge in [0.1, 0.15) is 11.5 Å². The van der Waals surface area contributed by atoms with Crippen LogP contribution in [0.2, 0.25) is 0 Å². The van der Waals surface area contributed by atoms with Gasteiger partial charge < -0.3 is 18.9 Å². The van der Waals surface area contributed by atoms with Gasteiger partial charge in [-0.1, -0.05) is 0 Å². The highest BCUT2D eigenvalue weighted by Crippen LogP contribution is 2.25. The Morgan fingerprint density at radius 1 is 1.12 bits per heavy atom. The Kier molecular flexibility index (Phi) is 7.83. The standard InChI is InChI=1S/C16H19NO7/c1-4-23-16(20)17-14(18)10-24-15(19)8-6-11-5-7-12(21-2)9-13(11)22-3/h5-9H,4,10H2,1-3H3,(H,17,18,20)/b8-6+. The molecular formula is C16H19NO7. The fourth-order valence-corrected chi connectivity index (χ4v) is 1.62. The van der Waals surface area contributed by atoms with Crippen LogP contribution in [-0.4, -0.2) is 45.4 Å². The van der Waals surface area contributed by atoms with Gasteiger partial charge in [0.25, 0.3) is 5.91 Å². The molecule has 24 heavy (non-hydrogen) atoms. The third kappa shape index (κ3) is 6.39. The molecule has 0 fully saturated rings. The summed E-state index contributed by atoms with van der Waals surface area (Å²) in [6.07, 6.45) is 1.73. The summed E-state index contributed by atoms with van der Waals surface area (Å²) in [6, 6.07) is 5.08. The van der Waals surface area contributed by atoms with Crippen LogP contribution < -0.4 is 14.8 Å². The molecule has 8 nitrogen and oxygen atoms in total. The summed E-state index contributed by atoms with van der Waals surface area (Å²) in [5.41, 5.74) is 0.631. The van der Waals surface area contributed by atoms with Crippen LogP contribution in [0.3, 0.4) is 0 Å². The minimum Gasteiger partial charge on any atom is -0.497 e. The normalized spacial score (nSPS) is 10.1. The van der Waals surface area contributed by atoms with Gasteiger partial charge in [0.15, 0.2) is 6.61 Å². The van der Waals surface area contributed by atoms with E-state index in [1.165, 1.54) is 20.3 Å². The molecule has 1 aromatic rings. The van der Waals surface area contributed by atoms with Gasteiger partial charge in [0.2, 0.25) is 0 Å². The minimum atomic E-state index is -0.892. The summed E-state index contributed by atoms with van der Waals surface area (Å²) < 4.78 is 19.5. The van der Waals surface area contributed by atoms with E-state index in [2.05, 4.69) is 4.74 Å². The van der Waals surface area contributed by atoms with E-state index in [1.54, 1.807) is 25.1 Å². The maximum atomic E-state index is 11.6. The molecule has 0 atom stereocenters. The Hall–Kier alpha value is -3.03. The van der Waals surface area contributed by atoms with E-state index in [0.717, 1.165) is 6.08 Å². The monoisotopic (exact) mass is 337 g/mol. The SMILES string of the molecule is CCOC(=O)NC(=O)COC(=O)/C=C/c1ccc(OC)cc1OC. The smallest absolute Gasteiger partial charge is 0.413 e. The molecule has 0 aliphatic heterocycles. The van der Waals surface area contributed by atoms with E-state index < -0.39 is 24.6 Å². The second-order valence-corrected chi connectivity index (χ2v) is 4.32. The first-order valence-corrected chi connectivity index (χ1v) is 7.03. The van der Waals surface area contributed by atoms with Gasteiger partial charge in [0, 0.05) is 17.7 Å². The number of carbonyl (C=O) groups is 3. The zero-order valence-electron chi connectivity index (χ0n) is 13.7. The van der Waals surface area contributed by atoms with Crippen LogP contribution in [0.4, 0.5) is 4.79 Å². The van der Waals surface area contributed by atoms with Crippen molar-refractivity contribution in [1.82, 2.24) is 5.32 Å². The number of methoxy groups -OCH3 is 2. The number of carbonyl (C=O) groups excluding carboxylic acids is 3. The summed E-state index contributed by atoms with van der Waals surface area (Å²) in [5.74, 6) is -0.398. The number of imide groups is 1. The molecule has 0 radical (unpaired) electrons. The highest BCUT2D eigenvalue weighted by molar-refractivity contribution is 5.94. The van der Waals surface area contributed by atoms with E-state index >= 15 is 0 Å². The lowest BCUT2D eigenvalue weighted by molar-refractivity contribution is -0.143. The zero-order valence-corrected chi connectivity index (χ0v) is 13.7. The van der Waals surface area contributed by atoms with Gasteiger partial charge in [-0.2, -0.15) is 0 Å². The Labute approximate surface area is 139 Å². The number of benzene rings is 1. The van der Waals surface area contributed by atoms with Crippen molar-refractivity contribution in [2.45, 2.75) is 6.92 Å². The summed E-state index contributed by atoms with van der Waals surface area (Å²) >= 11 is 0. The van der Waals surface area contributed by atoms with Crippen molar-refractivity contribution < 1.29 is 33.3 Å². The van der Waals surface area contributed by atoms with Crippen molar-refractivity contribution in [1.29, 1.82) is 0 Å². The Morgan fingerprint density at radius 3 is 2.50 bits per heavy atom. The second-order valence-electron chi connectivity index (χ2n) is 4.32. The van der Waals surface area contributed by atoms with Gasteiger partial charge in [0.05, 0.1) is 20.8 Å². The fraction of sp³-hybridized carbons (Fsp3) is 0.312. The minimum absolute atomic E-state index is 0.130. The molecule has 0 saturated carbocycles. The number of alkyl carbamates (subject to hydrolysis) is 1. The molecule has 0 aliphatic rings. The van der Waals surface area contributed by atoms with Crippen molar-refractivity contribution in [3.05, 3.63) is 29.8 Å². The number of hydrogen-bond acceptors (Lipinski definition) is 7. The maximum Gasteiger partial charge on any atom is 0.413 e. The number of nitrogens with one attached hydrogen (secondary N) is 1. The van der Waals surface area contributed by atoms with Crippen molar-refractivity contribution in [2.24, 2.45) is 0 Å². The molecule has 0 spiro atoms. The summed E-state index contributed by atoms with van der Waals surface area (Å²) in [4.78, 5) is 33.9. The van der Waals surface area contributed by atoms with Crippen LogP contribution in [0.15, 0.2) is 24.3 Å². The average molecular weight is 337 g/mol. The third-order valence-corrected chi connectivity index (χ3v) is 2.70. The van der Waals surface area contributed by atoms with Crippen molar-refractivity contribution in [3.63, 3.8) is 0 Å². The van der Waals surface area contributed by atoms with Crippen LogP contribution in [0.25, 0.3) is 6.08 Å². The topological polar surface area (TPSA) is 100 Å². The largest absolute Gasteiger partial charge is 0.497 e. The molecule has 1 aromatic carbocycles. The van der Waals surface area contributed by atoms with Crippen molar-refractivity contribution in [3.8, 4) is 11.5 Å². The van der Waals surface area contributed by atoms with Gasteiger partial charge >= 0.3 is 12.1 Å². The summed E-state index contributed by atoms with van der Waals surface area (Å²) in [7, 11) is 3.02. The molecular weight excluding hydrogens is 318 g/mol. The molecule has 0 aromatic heterocycles. The van der Waals surface area contributed by atoms with Crippen molar-refractivity contribution >= 4 is 24.0 Å². The average Bonchev–Trinajstić information content (AvgIpc) is 2.58. The molecule has 1 rings (SSSR count). The number of hydrogen-bond donors (Lipinski definition) is 1. The summed E-state index contributed by atoms with van der Waals surface area (Å²) in [6.45, 7) is 1.13. The maximum absolute atomic E-state index is 11.6. The van der Waals surface area contributed by atoms with Crippen LogP contribution in [0, 0.1) is 0 Å². The zero-order chi connectivity index (χ0) is 17.9. The first kappa shape index (κ1) is 19.0. The van der Waals surface area contributed by atoms with Crippen LogP contribution >= 0.6 is 0 Å². The van der Waals surface area contributed by atoms with Gasteiger partial charge in [-0.05, 0) is 25.1 Å². The Morgan fingerprint density at radius 2 is 1.88 bits per heavy atom. The van der Waals surface area contributed by atoms with Crippen LogP contribution in [0.5, 0.6) is 11.5 Å². The van der Waals surface area contributed by atoms with Crippen molar-refractivity contribution in [2.75, 3.05) is 27.4 Å². The van der Waals surface area contributed by atoms with Gasteiger partial charge in [-0.3, -0.25) is 10.1 Å². The molecule has 0 bridgehead atoms. The highest BCUT2D eigenvalue weighted by Gasteiger charge is 2.10. The molecule has 1 N–H and O–H groups in total. The van der Waals surface area contributed by atoms with Gasteiger partial charge in [-0.15, -0.1) is 0 Å². The Balaban J connectivity index is 2.54. The van der Waals surface area contributed by atoms with E-state index in [1.807, 2.05) is 5.32 Å². The van der Waals surface area contributed by atoms with Gasteiger partial charge in [-0.25, -0.2) is 9.59 Å². The number of esters is 1. The summed E-state index contributed by atoms with van der Waals surface area (Å²) in [5, 5.41) is 1.91. The molecule has 0 unspecified atom stereocenters. The fourth-order valence-electron chi connectivity index (χ4n) is 1.62. The van der Waals surface area contributed by atoms with E-state index in [9.17, 15) is 14.4 Å². The van der Waals surface area contributed by atoms with E-state index in [-0.39, 0.29) is 6.61 Å². The second kappa shape index (κ2) is 9.88. The molecule has 0 aliphatic carbocycles. The first-order valence-electron chi connectivity index (χ1n) is 7.03.